The van der Waals surface area contributed by atoms with Crippen LogP contribution in [-0.4, -0.2) is 4.98 Å². The number of nitrogens with two attached hydrogens (primary N) is 1. The maximum Gasteiger partial charge on any atom is 0.418 e. The van der Waals surface area contributed by atoms with Crippen LogP contribution in [0.4, 0.5) is 30.2 Å². The molecular weight excluding hydrogens is 243 g/mol. The quantitative estimate of drug-likeness (QED) is 0.862. The molecule has 3 N–H and O–H groups in total. The summed E-state index contributed by atoms with van der Waals surface area (Å²) in [5.41, 5.74) is 5.54. The van der Waals surface area contributed by atoms with Crippen LogP contribution in [0.5, 0.6) is 0 Å². The molecule has 18 heavy (non-hydrogen) atoms. The molecule has 0 aliphatic heterocycles. The number of para-hydroxylation sites is 1. The monoisotopic (exact) mass is 253 g/mol. The molecule has 0 unspecified atom stereocenters. The van der Waals surface area contributed by atoms with E-state index in [1.807, 2.05) is 0 Å². The lowest BCUT2D eigenvalue weighted by Gasteiger charge is -2.14. The summed E-state index contributed by atoms with van der Waals surface area (Å²) in [6.45, 7) is 0. The smallest absolute Gasteiger partial charge is 0.397 e. The Hall–Kier alpha value is -2.24. The van der Waals surface area contributed by atoms with E-state index in [4.69, 9.17) is 5.73 Å². The Labute approximate surface area is 101 Å². The van der Waals surface area contributed by atoms with Crippen molar-refractivity contribution in [2.75, 3.05) is 11.1 Å². The highest BCUT2D eigenvalue weighted by molar-refractivity contribution is 5.65. The fourth-order valence-electron chi connectivity index (χ4n) is 1.52. The van der Waals surface area contributed by atoms with Gasteiger partial charge in [0, 0.05) is 6.20 Å². The Balaban J connectivity index is 2.35. The predicted octanol–water partition coefficient (Wildman–Crippen LogP) is 3.43. The first-order valence-corrected chi connectivity index (χ1v) is 5.10. The first kappa shape index (κ1) is 12.2. The van der Waals surface area contributed by atoms with Crippen LogP contribution in [0, 0.1) is 0 Å². The van der Waals surface area contributed by atoms with E-state index in [-0.39, 0.29) is 5.69 Å². The number of hydrogen-bond acceptors (Lipinski definition) is 3. The summed E-state index contributed by atoms with van der Waals surface area (Å²) >= 11 is 0. The van der Waals surface area contributed by atoms with Gasteiger partial charge in [-0.15, -0.1) is 0 Å². The van der Waals surface area contributed by atoms with Gasteiger partial charge in [-0.2, -0.15) is 13.2 Å². The number of rotatable bonds is 2. The summed E-state index contributed by atoms with van der Waals surface area (Å²) in [7, 11) is 0. The number of aromatic nitrogens is 1. The van der Waals surface area contributed by atoms with Crippen molar-refractivity contribution in [3.05, 3.63) is 48.3 Å². The summed E-state index contributed by atoms with van der Waals surface area (Å²) in [5, 5.41) is 2.66. The van der Waals surface area contributed by atoms with Gasteiger partial charge in [-0.25, -0.2) is 0 Å². The second kappa shape index (κ2) is 4.56. The summed E-state index contributed by atoms with van der Waals surface area (Å²) in [5.74, 6) is 0. The summed E-state index contributed by atoms with van der Waals surface area (Å²) in [6.07, 6.45) is -1.58. The average molecular weight is 253 g/mol. The topological polar surface area (TPSA) is 50.9 Å². The molecule has 0 saturated heterocycles. The van der Waals surface area contributed by atoms with E-state index in [1.165, 1.54) is 36.7 Å². The van der Waals surface area contributed by atoms with Gasteiger partial charge in [-0.1, -0.05) is 12.1 Å². The van der Waals surface area contributed by atoms with Gasteiger partial charge in [0.25, 0.3) is 0 Å². The molecule has 6 heteroatoms. The third kappa shape index (κ3) is 2.71. The largest absolute Gasteiger partial charge is 0.418 e. The molecule has 1 aromatic carbocycles. The van der Waals surface area contributed by atoms with E-state index in [0.29, 0.717) is 11.4 Å². The first-order chi connectivity index (χ1) is 8.47. The van der Waals surface area contributed by atoms with E-state index in [2.05, 4.69) is 10.3 Å². The molecule has 0 atom stereocenters. The van der Waals surface area contributed by atoms with Crippen molar-refractivity contribution in [3.8, 4) is 0 Å². The maximum atomic E-state index is 12.8. The Kier molecular flexibility index (Phi) is 3.10. The number of halogens is 3. The van der Waals surface area contributed by atoms with Crippen LogP contribution >= 0.6 is 0 Å². The molecule has 0 aliphatic rings. The minimum absolute atomic E-state index is 0.0302. The molecule has 2 aromatic rings. The van der Waals surface area contributed by atoms with Crippen LogP contribution in [0.1, 0.15) is 5.56 Å². The lowest BCUT2D eigenvalue weighted by atomic mass is 10.1. The third-order valence-corrected chi connectivity index (χ3v) is 2.27. The van der Waals surface area contributed by atoms with E-state index in [9.17, 15) is 13.2 Å². The van der Waals surface area contributed by atoms with E-state index >= 15 is 0 Å². The zero-order chi connectivity index (χ0) is 13.2. The van der Waals surface area contributed by atoms with Crippen LogP contribution < -0.4 is 11.1 Å². The molecule has 0 bridgehead atoms. The van der Waals surface area contributed by atoms with E-state index < -0.39 is 11.7 Å². The first-order valence-electron chi connectivity index (χ1n) is 5.10. The zero-order valence-corrected chi connectivity index (χ0v) is 9.20. The summed E-state index contributed by atoms with van der Waals surface area (Å²) in [4.78, 5) is 3.80. The molecule has 0 amide bonds. The van der Waals surface area contributed by atoms with E-state index in [0.717, 1.165) is 6.07 Å². The number of nitrogens with one attached hydrogen (secondary N) is 1. The fraction of sp³-hybridized carbons (Fsp3) is 0.0833. The Morgan fingerprint density at radius 3 is 2.50 bits per heavy atom. The number of nitrogen functional groups attached to an aromatic ring is 1. The average Bonchev–Trinajstić information content (AvgIpc) is 2.28. The molecule has 3 nitrogen and oxygen atoms in total. The lowest BCUT2D eigenvalue weighted by Crippen LogP contribution is -2.08. The third-order valence-electron chi connectivity index (χ3n) is 2.27. The molecule has 0 spiro atoms. The van der Waals surface area contributed by atoms with Gasteiger partial charge in [0.2, 0.25) is 0 Å². The highest BCUT2D eigenvalue weighted by Gasteiger charge is 2.33. The van der Waals surface area contributed by atoms with Gasteiger partial charge < -0.3 is 11.1 Å². The van der Waals surface area contributed by atoms with Crippen molar-refractivity contribution in [2.24, 2.45) is 0 Å². The van der Waals surface area contributed by atoms with Gasteiger partial charge in [0.05, 0.1) is 28.8 Å². The Bertz CT molecular complexity index is 552. The standard InChI is InChI=1S/C12H10F3N3/c13-12(14,15)10-3-1-2-4-11(10)18-9-5-8(16)6-17-7-9/h1-7,18H,16H2. The van der Waals surface area contributed by atoms with Crippen LogP contribution in [0.3, 0.4) is 0 Å². The molecule has 0 saturated carbocycles. The molecule has 0 aliphatic carbocycles. The minimum Gasteiger partial charge on any atom is -0.397 e. The molecule has 1 aromatic heterocycles. The number of alkyl halides is 3. The van der Waals surface area contributed by atoms with Gasteiger partial charge in [0.1, 0.15) is 0 Å². The molecular formula is C12H10F3N3. The Morgan fingerprint density at radius 2 is 1.83 bits per heavy atom. The van der Waals surface area contributed by atoms with Gasteiger partial charge in [-0.05, 0) is 18.2 Å². The second-order valence-electron chi connectivity index (χ2n) is 3.68. The van der Waals surface area contributed by atoms with E-state index in [1.54, 1.807) is 0 Å². The van der Waals surface area contributed by atoms with Crippen molar-refractivity contribution in [1.82, 2.24) is 4.98 Å². The zero-order valence-electron chi connectivity index (χ0n) is 9.20. The van der Waals surface area contributed by atoms with Gasteiger partial charge in [-0.3, -0.25) is 4.98 Å². The number of anilines is 3. The van der Waals surface area contributed by atoms with Crippen LogP contribution in [0.15, 0.2) is 42.7 Å². The molecule has 2 rings (SSSR count). The molecule has 0 fully saturated rings. The van der Waals surface area contributed by atoms with Crippen molar-refractivity contribution in [2.45, 2.75) is 6.18 Å². The van der Waals surface area contributed by atoms with Crippen molar-refractivity contribution < 1.29 is 13.2 Å². The fourth-order valence-corrected chi connectivity index (χ4v) is 1.52. The number of hydrogen-bond donors (Lipinski definition) is 2. The van der Waals surface area contributed by atoms with Crippen molar-refractivity contribution in [3.63, 3.8) is 0 Å². The van der Waals surface area contributed by atoms with Crippen LogP contribution in [0.2, 0.25) is 0 Å². The van der Waals surface area contributed by atoms with Crippen molar-refractivity contribution >= 4 is 17.1 Å². The minimum atomic E-state index is -4.41. The molecule has 0 radical (unpaired) electrons. The van der Waals surface area contributed by atoms with Crippen LogP contribution in [-0.2, 0) is 6.18 Å². The highest BCUT2D eigenvalue weighted by Crippen LogP contribution is 2.35. The SMILES string of the molecule is Nc1cncc(Nc2ccccc2C(F)(F)F)c1. The molecule has 1 heterocycles. The summed E-state index contributed by atoms with van der Waals surface area (Å²) < 4.78 is 38.3. The van der Waals surface area contributed by atoms with Crippen molar-refractivity contribution in [1.29, 1.82) is 0 Å². The second-order valence-corrected chi connectivity index (χ2v) is 3.68. The van der Waals surface area contributed by atoms with Gasteiger partial charge in [0.15, 0.2) is 0 Å². The maximum absolute atomic E-state index is 12.8. The van der Waals surface area contributed by atoms with Gasteiger partial charge >= 0.3 is 6.18 Å². The summed E-state index contributed by atoms with van der Waals surface area (Å²) in [6, 6.07) is 6.75. The Morgan fingerprint density at radius 1 is 1.11 bits per heavy atom. The number of nitrogens with zero attached hydrogens (tertiary/aromatic N) is 1. The molecule has 94 valence electrons. The number of benzene rings is 1. The highest BCUT2D eigenvalue weighted by atomic mass is 19.4. The van der Waals surface area contributed by atoms with Crippen LogP contribution in [0.25, 0.3) is 0 Å². The number of pyridine rings is 1. The normalized spacial score (nSPS) is 11.3. The lowest BCUT2D eigenvalue weighted by molar-refractivity contribution is -0.136. The predicted molar refractivity (Wildman–Crippen MR) is 63.4 cm³/mol.